The van der Waals surface area contributed by atoms with E-state index in [1.807, 2.05) is 36.4 Å². The van der Waals surface area contributed by atoms with Gasteiger partial charge in [0.2, 0.25) is 0 Å². The van der Waals surface area contributed by atoms with E-state index in [4.69, 9.17) is 20.9 Å². The highest BCUT2D eigenvalue weighted by atomic mass is 16.7. The molecule has 0 bridgehead atoms. The number of ether oxygens (including phenoxy) is 2. The number of nitrogens with zero attached hydrogens (tertiary/aromatic N) is 2. The van der Waals surface area contributed by atoms with Crippen molar-refractivity contribution >= 4 is 11.6 Å². The van der Waals surface area contributed by atoms with Crippen molar-refractivity contribution in [3.05, 3.63) is 54.9 Å². The van der Waals surface area contributed by atoms with E-state index in [0.29, 0.717) is 11.6 Å². The molecule has 0 amide bonds. The zero-order valence-corrected chi connectivity index (χ0v) is 13.3. The number of benzene rings is 1. The van der Waals surface area contributed by atoms with Gasteiger partial charge in [-0.15, -0.1) is 0 Å². The summed E-state index contributed by atoms with van der Waals surface area (Å²) in [6.07, 6.45) is 3.44. The summed E-state index contributed by atoms with van der Waals surface area (Å²) in [4.78, 5) is 8.40. The molecule has 0 saturated carbocycles. The van der Waals surface area contributed by atoms with E-state index in [2.05, 4.69) is 9.97 Å². The summed E-state index contributed by atoms with van der Waals surface area (Å²) >= 11 is 0. The average Bonchev–Trinajstić information content (AvgIpc) is 2.62. The van der Waals surface area contributed by atoms with Gasteiger partial charge in [0.1, 0.15) is 17.4 Å². The summed E-state index contributed by atoms with van der Waals surface area (Å²) in [5, 5.41) is 0. The molecule has 0 aliphatic heterocycles. The molecular formula is C18H18N4O2. The Morgan fingerprint density at radius 2 is 1.58 bits per heavy atom. The van der Waals surface area contributed by atoms with E-state index in [1.54, 1.807) is 25.6 Å². The topological polar surface area (TPSA) is 96.3 Å². The Balaban J connectivity index is 1.92. The normalized spacial score (nSPS) is 10.5. The van der Waals surface area contributed by atoms with Crippen LogP contribution in [0.4, 0.5) is 11.6 Å². The molecule has 122 valence electrons. The lowest BCUT2D eigenvalue weighted by Crippen LogP contribution is -1.99. The van der Waals surface area contributed by atoms with Gasteiger partial charge in [-0.25, -0.2) is 9.97 Å². The summed E-state index contributed by atoms with van der Waals surface area (Å²) in [5.74, 6) is 1.67. The highest BCUT2D eigenvalue weighted by molar-refractivity contribution is 5.79. The molecule has 0 radical (unpaired) electrons. The van der Waals surface area contributed by atoms with Crippen molar-refractivity contribution in [1.29, 1.82) is 0 Å². The molecule has 0 aliphatic carbocycles. The Bertz CT molecular complexity index is 817. The predicted molar refractivity (Wildman–Crippen MR) is 94.2 cm³/mol. The van der Waals surface area contributed by atoms with E-state index in [1.165, 1.54) is 0 Å². The summed E-state index contributed by atoms with van der Waals surface area (Å²) < 4.78 is 10.3. The summed E-state index contributed by atoms with van der Waals surface area (Å²) in [6.45, 7) is 0.211. The second-order valence-electron chi connectivity index (χ2n) is 5.20. The molecule has 24 heavy (non-hydrogen) atoms. The highest BCUT2D eigenvalue weighted by Gasteiger charge is 2.08. The molecule has 0 unspecified atom stereocenters. The van der Waals surface area contributed by atoms with Crippen molar-refractivity contribution in [2.45, 2.75) is 0 Å². The summed E-state index contributed by atoms with van der Waals surface area (Å²) in [7, 11) is 1.58. The SMILES string of the molecule is COCOc1ccc(-c2cc(-c3ccc(N)nc3)cnc2N)cc1. The quantitative estimate of drug-likeness (QED) is 0.701. The smallest absolute Gasteiger partial charge is 0.188 e. The van der Waals surface area contributed by atoms with Crippen LogP contribution in [0, 0.1) is 0 Å². The number of hydrogen-bond donors (Lipinski definition) is 2. The number of methoxy groups -OCH3 is 1. The fourth-order valence-corrected chi connectivity index (χ4v) is 2.30. The van der Waals surface area contributed by atoms with Crippen molar-refractivity contribution < 1.29 is 9.47 Å². The molecule has 0 fully saturated rings. The summed E-state index contributed by atoms with van der Waals surface area (Å²) in [5.41, 5.74) is 15.3. The van der Waals surface area contributed by atoms with E-state index >= 15 is 0 Å². The molecule has 1 aromatic carbocycles. The first-order valence-electron chi connectivity index (χ1n) is 7.37. The largest absolute Gasteiger partial charge is 0.468 e. The Labute approximate surface area is 140 Å². The number of hydrogen-bond acceptors (Lipinski definition) is 6. The molecule has 0 aliphatic rings. The third-order valence-corrected chi connectivity index (χ3v) is 3.55. The number of aromatic nitrogens is 2. The Kier molecular flexibility index (Phi) is 4.58. The maximum absolute atomic E-state index is 6.04. The fraction of sp³-hybridized carbons (Fsp3) is 0.111. The van der Waals surface area contributed by atoms with E-state index in [-0.39, 0.29) is 6.79 Å². The van der Waals surface area contributed by atoms with Crippen molar-refractivity contribution in [3.8, 4) is 28.0 Å². The number of nitrogen functional groups attached to an aromatic ring is 2. The van der Waals surface area contributed by atoms with Gasteiger partial charge in [0, 0.05) is 36.2 Å². The molecule has 0 atom stereocenters. The molecule has 3 rings (SSSR count). The average molecular weight is 322 g/mol. The third kappa shape index (κ3) is 3.44. The van der Waals surface area contributed by atoms with Crippen LogP contribution in [-0.2, 0) is 4.74 Å². The maximum Gasteiger partial charge on any atom is 0.188 e. The lowest BCUT2D eigenvalue weighted by molar-refractivity contribution is 0.0511. The lowest BCUT2D eigenvalue weighted by atomic mass is 10.0. The molecule has 6 heteroatoms. The molecule has 4 N–H and O–H groups in total. The van der Waals surface area contributed by atoms with E-state index in [9.17, 15) is 0 Å². The van der Waals surface area contributed by atoms with Gasteiger partial charge in [-0.05, 0) is 35.9 Å². The minimum Gasteiger partial charge on any atom is -0.468 e. The zero-order valence-electron chi connectivity index (χ0n) is 13.3. The van der Waals surface area contributed by atoms with Gasteiger partial charge in [-0.3, -0.25) is 0 Å². The molecule has 2 heterocycles. The van der Waals surface area contributed by atoms with Crippen molar-refractivity contribution in [2.75, 3.05) is 25.4 Å². The van der Waals surface area contributed by atoms with Gasteiger partial charge < -0.3 is 20.9 Å². The third-order valence-electron chi connectivity index (χ3n) is 3.55. The van der Waals surface area contributed by atoms with Gasteiger partial charge >= 0.3 is 0 Å². The first-order valence-corrected chi connectivity index (χ1v) is 7.37. The fourth-order valence-electron chi connectivity index (χ4n) is 2.30. The van der Waals surface area contributed by atoms with Gasteiger partial charge in [0.05, 0.1) is 0 Å². The standard InChI is InChI=1S/C18H18N4O2/c1-23-11-24-15-5-2-12(3-6-15)16-8-14(10-22-18(16)20)13-4-7-17(19)21-9-13/h2-10H,11H2,1H3,(H2,19,21)(H2,20,22). The zero-order chi connectivity index (χ0) is 16.9. The van der Waals surface area contributed by atoms with Gasteiger partial charge in [-0.2, -0.15) is 0 Å². The predicted octanol–water partition coefficient (Wildman–Crippen LogP) is 2.96. The monoisotopic (exact) mass is 322 g/mol. The molecule has 0 spiro atoms. The van der Waals surface area contributed by atoms with Crippen LogP contribution in [0.25, 0.3) is 22.3 Å². The molecule has 6 nitrogen and oxygen atoms in total. The number of pyridine rings is 2. The van der Waals surface area contributed by atoms with Crippen LogP contribution in [0.1, 0.15) is 0 Å². The van der Waals surface area contributed by atoms with E-state index < -0.39 is 0 Å². The Morgan fingerprint density at radius 3 is 2.25 bits per heavy atom. The van der Waals surface area contributed by atoms with E-state index in [0.717, 1.165) is 28.0 Å². The number of nitrogens with two attached hydrogens (primary N) is 2. The Hall–Kier alpha value is -3.12. The van der Waals surface area contributed by atoms with Crippen LogP contribution in [0.15, 0.2) is 54.9 Å². The number of rotatable bonds is 5. The van der Waals surface area contributed by atoms with Crippen molar-refractivity contribution in [1.82, 2.24) is 9.97 Å². The Morgan fingerprint density at radius 1 is 0.875 bits per heavy atom. The van der Waals surface area contributed by atoms with Crippen LogP contribution in [0.5, 0.6) is 5.75 Å². The summed E-state index contributed by atoms with van der Waals surface area (Å²) in [6, 6.07) is 13.2. The lowest BCUT2D eigenvalue weighted by Gasteiger charge is -2.10. The van der Waals surface area contributed by atoms with Gasteiger partial charge in [0.25, 0.3) is 0 Å². The van der Waals surface area contributed by atoms with Crippen LogP contribution in [0.3, 0.4) is 0 Å². The molecule has 3 aromatic rings. The van der Waals surface area contributed by atoms with Crippen LogP contribution in [-0.4, -0.2) is 23.9 Å². The second-order valence-corrected chi connectivity index (χ2v) is 5.20. The van der Waals surface area contributed by atoms with Crippen molar-refractivity contribution in [3.63, 3.8) is 0 Å². The second kappa shape index (κ2) is 6.97. The van der Waals surface area contributed by atoms with Crippen molar-refractivity contribution in [2.24, 2.45) is 0 Å². The first kappa shape index (κ1) is 15.8. The maximum atomic E-state index is 6.04. The van der Waals surface area contributed by atoms with Crippen LogP contribution < -0.4 is 16.2 Å². The molecular weight excluding hydrogens is 304 g/mol. The number of anilines is 2. The molecule has 0 saturated heterocycles. The molecule has 2 aromatic heterocycles. The van der Waals surface area contributed by atoms with Gasteiger partial charge in [-0.1, -0.05) is 12.1 Å². The minimum atomic E-state index is 0.211. The first-order chi connectivity index (χ1) is 11.7. The van der Waals surface area contributed by atoms with Gasteiger partial charge in [0.15, 0.2) is 6.79 Å². The highest BCUT2D eigenvalue weighted by Crippen LogP contribution is 2.30. The van der Waals surface area contributed by atoms with Crippen LogP contribution in [0.2, 0.25) is 0 Å². The minimum absolute atomic E-state index is 0.211. The van der Waals surface area contributed by atoms with Crippen LogP contribution >= 0.6 is 0 Å².